The van der Waals surface area contributed by atoms with E-state index in [1.807, 2.05) is 0 Å². The van der Waals surface area contributed by atoms with E-state index in [4.69, 9.17) is 21.7 Å². The molecule has 0 aromatic heterocycles. The van der Waals surface area contributed by atoms with Crippen molar-refractivity contribution in [3.8, 4) is 0 Å². The smallest absolute Gasteiger partial charge is 0.677 e. The van der Waals surface area contributed by atoms with E-state index in [-0.39, 0.29) is 21.1 Å². The third kappa shape index (κ3) is 7.01. The third-order valence-corrected chi connectivity index (χ3v) is 2.46. The van der Waals surface area contributed by atoms with Crippen molar-refractivity contribution in [3.63, 3.8) is 0 Å². The van der Waals surface area contributed by atoms with Gasteiger partial charge in [-0.15, -0.1) is 13.1 Å². The first-order chi connectivity index (χ1) is 6.52. The molecule has 0 aromatic carbocycles. The molecule has 0 amide bonds. The molecule has 15 heavy (non-hydrogen) atoms. The topological polar surface area (TPSA) is 105 Å². The summed E-state index contributed by atoms with van der Waals surface area (Å²) in [5.74, 6) is -0.0324. The molecule has 0 saturated heterocycles. The summed E-state index contributed by atoms with van der Waals surface area (Å²) in [6.07, 6.45) is 1.17. The molecule has 1 aliphatic rings. The zero-order valence-electron chi connectivity index (χ0n) is 8.68. The molecule has 4 N–H and O–H groups in total. The maximum absolute atomic E-state index is 9.45. The van der Waals surface area contributed by atoms with Crippen LogP contribution in [0.25, 0.3) is 11.5 Å². The summed E-state index contributed by atoms with van der Waals surface area (Å²) in [5.41, 5.74) is 14.0. The maximum atomic E-state index is 9.45. The second kappa shape index (κ2) is 9.28. The van der Waals surface area contributed by atoms with Gasteiger partial charge in [-0.25, -0.2) is 4.79 Å². The van der Waals surface area contributed by atoms with E-state index in [1.165, 1.54) is 19.8 Å². The van der Waals surface area contributed by atoms with Crippen LogP contribution in [0.1, 0.15) is 19.8 Å². The van der Waals surface area contributed by atoms with E-state index in [1.54, 1.807) is 0 Å². The largest absolute Gasteiger partial charge is 2.00 e. The first kappa shape index (κ1) is 17.4. The molecule has 1 rings (SSSR count). The SMILES string of the molecule is CC(O)C(=O)O.[NH-]CC1CCC1C[NH-].[Pt+2]. The molecule has 0 heterocycles. The number of nitrogens with one attached hydrogen (secondary N) is 2. The van der Waals surface area contributed by atoms with E-state index < -0.39 is 12.1 Å². The van der Waals surface area contributed by atoms with Gasteiger partial charge in [-0.2, -0.15) is 0 Å². The van der Waals surface area contributed by atoms with Gasteiger partial charge in [-0.3, -0.25) is 0 Å². The molecular weight excluding hydrogens is 379 g/mol. The van der Waals surface area contributed by atoms with Crippen LogP contribution in [0.3, 0.4) is 0 Å². The van der Waals surface area contributed by atoms with Gasteiger partial charge in [0.05, 0.1) is 0 Å². The number of carboxylic acid groups (broad SMARTS) is 1. The number of hydrogen-bond donors (Lipinski definition) is 2. The van der Waals surface area contributed by atoms with Crippen molar-refractivity contribution in [1.29, 1.82) is 0 Å². The molecule has 92 valence electrons. The van der Waals surface area contributed by atoms with Crippen LogP contribution in [0.15, 0.2) is 0 Å². The third-order valence-electron chi connectivity index (χ3n) is 2.46. The fourth-order valence-electron chi connectivity index (χ4n) is 1.18. The van der Waals surface area contributed by atoms with Crippen LogP contribution >= 0.6 is 0 Å². The first-order valence-electron chi connectivity index (χ1n) is 4.73. The van der Waals surface area contributed by atoms with Gasteiger partial charge in [-0.05, 0) is 6.92 Å². The van der Waals surface area contributed by atoms with E-state index in [2.05, 4.69) is 0 Å². The van der Waals surface area contributed by atoms with E-state index in [0.717, 1.165) is 0 Å². The predicted octanol–water partition coefficient (Wildman–Crippen LogP) is 1.57. The second-order valence-corrected chi connectivity index (χ2v) is 3.52. The Morgan fingerprint density at radius 3 is 1.67 bits per heavy atom. The molecule has 6 heteroatoms. The minimum Gasteiger partial charge on any atom is -0.677 e. The van der Waals surface area contributed by atoms with Crippen molar-refractivity contribution in [2.75, 3.05) is 13.1 Å². The molecule has 1 aliphatic carbocycles. The fraction of sp³-hybridized carbons (Fsp3) is 0.889. The van der Waals surface area contributed by atoms with Crippen molar-refractivity contribution in [2.24, 2.45) is 11.8 Å². The van der Waals surface area contributed by atoms with Crippen molar-refractivity contribution in [1.82, 2.24) is 0 Å². The number of aliphatic hydroxyl groups is 1. The molecular formula is C9H18N2O3Pt. The summed E-state index contributed by atoms with van der Waals surface area (Å²) in [6, 6.07) is 0. The number of aliphatic hydroxyl groups excluding tert-OH is 1. The number of carbonyl (C=O) groups is 1. The molecule has 1 saturated carbocycles. The molecule has 0 bridgehead atoms. The van der Waals surface area contributed by atoms with Gasteiger partial charge in [0, 0.05) is 0 Å². The van der Waals surface area contributed by atoms with E-state index >= 15 is 0 Å². The molecule has 1 fully saturated rings. The predicted molar refractivity (Wildman–Crippen MR) is 53.9 cm³/mol. The normalized spacial score (nSPS) is 25.1. The van der Waals surface area contributed by atoms with Gasteiger partial charge in [0.25, 0.3) is 0 Å². The molecule has 0 spiro atoms. The van der Waals surface area contributed by atoms with Crippen molar-refractivity contribution in [3.05, 3.63) is 11.5 Å². The Morgan fingerprint density at radius 2 is 1.60 bits per heavy atom. The quantitative estimate of drug-likeness (QED) is 0.755. The fourth-order valence-corrected chi connectivity index (χ4v) is 1.18. The van der Waals surface area contributed by atoms with Crippen LogP contribution < -0.4 is 0 Å². The molecule has 3 atom stereocenters. The summed E-state index contributed by atoms with van der Waals surface area (Å²) >= 11 is 0. The molecule has 0 radical (unpaired) electrons. The van der Waals surface area contributed by atoms with E-state index in [0.29, 0.717) is 24.9 Å². The zero-order chi connectivity index (χ0) is 11.1. The van der Waals surface area contributed by atoms with Gasteiger partial charge in [0.15, 0.2) is 0 Å². The summed E-state index contributed by atoms with van der Waals surface area (Å²) in [6.45, 7) is 2.29. The number of aliphatic carboxylic acids is 1. The zero-order valence-corrected chi connectivity index (χ0v) is 11.0. The summed E-state index contributed by atoms with van der Waals surface area (Å²) in [4.78, 5) is 9.45. The number of hydrogen-bond acceptors (Lipinski definition) is 2. The minimum atomic E-state index is -1.23. The van der Waals surface area contributed by atoms with Crippen molar-refractivity contribution in [2.45, 2.75) is 25.9 Å². The Morgan fingerprint density at radius 1 is 1.33 bits per heavy atom. The Balaban J connectivity index is 0. The molecule has 5 nitrogen and oxygen atoms in total. The Hall–Kier alpha value is 0.0383. The Kier molecular flexibility index (Phi) is 10.8. The van der Waals surface area contributed by atoms with Crippen molar-refractivity contribution < 1.29 is 36.1 Å². The summed E-state index contributed by atoms with van der Waals surface area (Å²) in [7, 11) is 0. The second-order valence-electron chi connectivity index (χ2n) is 3.52. The monoisotopic (exact) mass is 397 g/mol. The Labute approximate surface area is 104 Å². The van der Waals surface area contributed by atoms with Crippen LogP contribution in [0.5, 0.6) is 0 Å². The van der Waals surface area contributed by atoms with Gasteiger partial charge in [-0.1, -0.05) is 24.7 Å². The first-order valence-corrected chi connectivity index (χ1v) is 4.73. The van der Waals surface area contributed by atoms with Gasteiger partial charge in [0.1, 0.15) is 6.10 Å². The minimum absolute atomic E-state index is 0. The van der Waals surface area contributed by atoms with Crippen LogP contribution in [-0.4, -0.2) is 35.4 Å². The van der Waals surface area contributed by atoms with Gasteiger partial charge >= 0.3 is 27.0 Å². The number of carboxylic acids is 1. The molecule has 3 unspecified atom stereocenters. The maximum Gasteiger partial charge on any atom is 2.00 e. The standard InChI is InChI=1S/C6H12N2.C3H6O3.Pt/c7-3-5-1-2-6(5)4-8;1-2(4)3(5)6;/h5-8H,1-4H2;2,4H,1H3,(H,5,6);/q-2;;+2. The summed E-state index contributed by atoms with van der Waals surface area (Å²) < 4.78 is 0. The van der Waals surface area contributed by atoms with Crippen LogP contribution in [0.2, 0.25) is 0 Å². The van der Waals surface area contributed by atoms with E-state index in [9.17, 15) is 4.79 Å². The number of rotatable bonds is 3. The summed E-state index contributed by atoms with van der Waals surface area (Å²) in [5, 5.41) is 15.8. The van der Waals surface area contributed by atoms with Crippen molar-refractivity contribution >= 4 is 5.97 Å². The average Bonchev–Trinajstić information content (AvgIpc) is 2.05. The molecule has 0 aromatic rings. The average molecular weight is 397 g/mol. The van der Waals surface area contributed by atoms with Crippen LogP contribution in [0, 0.1) is 11.8 Å². The van der Waals surface area contributed by atoms with Crippen LogP contribution in [-0.2, 0) is 25.9 Å². The van der Waals surface area contributed by atoms with Gasteiger partial charge in [0.2, 0.25) is 0 Å². The molecule has 0 aliphatic heterocycles. The van der Waals surface area contributed by atoms with Crippen LogP contribution in [0.4, 0.5) is 0 Å². The Bertz CT molecular complexity index is 165. The van der Waals surface area contributed by atoms with Gasteiger partial charge < -0.3 is 21.7 Å².